The fourth-order valence-corrected chi connectivity index (χ4v) is 2.51. The van der Waals surface area contributed by atoms with E-state index in [1.807, 2.05) is 30.3 Å². The summed E-state index contributed by atoms with van der Waals surface area (Å²) in [5, 5.41) is 13.3. The van der Waals surface area contributed by atoms with E-state index in [0.29, 0.717) is 6.54 Å². The number of nitro benzene ring substituents is 1. The highest BCUT2D eigenvalue weighted by Crippen LogP contribution is 2.17. The number of anilines is 1. The number of hydrogen-bond donors (Lipinski definition) is 1. The summed E-state index contributed by atoms with van der Waals surface area (Å²) in [6, 6.07) is 18.0. The third kappa shape index (κ3) is 3.84. The Bertz CT molecular complexity index is 1010. The second-order valence-electron chi connectivity index (χ2n) is 5.60. The molecule has 0 saturated heterocycles. The molecule has 1 aromatic heterocycles. The van der Waals surface area contributed by atoms with Gasteiger partial charge in [0.25, 0.3) is 17.2 Å². The van der Waals surface area contributed by atoms with E-state index in [0.717, 1.165) is 5.56 Å². The number of nitrogens with one attached hydrogen (secondary N) is 1. The van der Waals surface area contributed by atoms with Gasteiger partial charge in [-0.15, -0.1) is 0 Å². The molecule has 0 aliphatic heterocycles. The highest BCUT2D eigenvalue weighted by Gasteiger charge is 2.14. The molecule has 0 fully saturated rings. The Morgan fingerprint density at radius 3 is 2.54 bits per heavy atom. The predicted octanol–water partition coefficient (Wildman–Crippen LogP) is 3.06. The summed E-state index contributed by atoms with van der Waals surface area (Å²) in [6.07, 6.45) is 1.61. The molecular weight excluding hydrogens is 334 g/mol. The fourth-order valence-electron chi connectivity index (χ4n) is 2.51. The standard InChI is InChI=1S/C19H15N3O4/c23-18(20-15-8-4-9-16(12-15)22(25)26)17-10-5-11-21(19(17)24)13-14-6-2-1-3-7-14/h1-12H,13H2,(H,20,23). The normalized spacial score (nSPS) is 10.3. The zero-order valence-electron chi connectivity index (χ0n) is 13.7. The minimum Gasteiger partial charge on any atom is -0.322 e. The molecule has 7 heteroatoms. The lowest BCUT2D eigenvalue weighted by atomic mass is 10.2. The number of rotatable bonds is 5. The predicted molar refractivity (Wildman–Crippen MR) is 97.3 cm³/mol. The Hall–Kier alpha value is -3.74. The summed E-state index contributed by atoms with van der Waals surface area (Å²) < 4.78 is 1.44. The average Bonchev–Trinajstić information content (AvgIpc) is 2.64. The molecule has 0 unspecified atom stereocenters. The van der Waals surface area contributed by atoms with E-state index in [1.54, 1.807) is 12.3 Å². The summed E-state index contributed by atoms with van der Waals surface area (Å²) in [6.45, 7) is 0.345. The number of nitrogens with zero attached hydrogens (tertiary/aromatic N) is 2. The zero-order chi connectivity index (χ0) is 18.5. The van der Waals surface area contributed by atoms with E-state index in [1.165, 1.54) is 34.9 Å². The Morgan fingerprint density at radius 1 is 1.04 bits per heavy atom. The fraction of sp³-hybridized carbons (Fsp3) is 0.0526. The number of hydrogen-bond acceptors (Lipinski definition) is 4. The summed E-state index contributed by atoms with van der Waals surface area (Å²) in [4.78, 5) is 35.3. The van der Waals surface area contributed by atoms with Crippen molar-refractivity contribution in [3.05, 3.63) is 105 Å². The first-order valence-corrected chi connectivity index (χ1v) is 7.84. The topological polar surface area (TPSA) is 94.2 Å². The van der Waals surface area contributed by atoms with Crippen LogP contribution >= 0.6 is 0 Å². The van der Waals surface area contributed by atoms with Crippen molar-refractivity contribution in [3.8, 4) is 0 Å². The smallest absolute Gasteiger partial charge is 0.271 e. The van der Waals surface area contributed by atoms with Gasteiger partial charge in [0.15, 0.2) is 0 Å². The van der Waals surface area contributed by atoms with Crippen LogP contribution in [0.2, 0.25) is 0 Å². The molecule has 0 radical (unpaired) electrons. The van der Waals surface area contributed by atoms with Gasteiger partial charge in [-0.25, -0.2) is 0 Å². The van der Waals surface area contributed by atoms with Crippen LogP contribution in [0, 0.1) is 10.1 Å². The Kier molecular flexibility index (Phi) is 4.89. The van der Waals surface area contributed by atoms with Crippen LogP contribution in [0.3, 0.4) is 0 Å². The number of pyridine rings is 1. The lowest BCUT2D eigenvalue weighted by molar-refractivity contribution is -0.384. The average molecular weight is 349 g/mol. The van der Waals surface area contributed by atoms with Gasteiger partial charge >= 0.3 is 0 Å². The summed E-state index contributed by atoms with van der Waals surface area (Å²) in [5.41, 5.74) is 0.583. The van der Waals surface area contributed by atoms with Crippen LogP contribution in [-0.2, 0) is 6.54 Å². The van der Waals surface area contributed by atoms with Crippen LogP contribution in [0.25, 0.3) is 0 Å². The molecule has 0 bridgehead atoms. The van der Waals surface area contributed by atoms with E-state index < -0.39 is 16.4 Å². The number of nitro groups is 1. The molecule has 3 aromatic rings. The number of non-ortho nitro benzene ring substituents is 1. The monoisotopic (exact) mass is 349 g/mol. The van der Waals surface area contributed by atoms with E-state index in [9.17, 15) is 19.7 Å². The van der Waals surface area contributed by atoms with Crippen molar-refractivity contribution in [1.29, 1.82) is 0 Å². The van der Waals surface area contributed by atoms with E-state index >= 15 is 0 Å². The first-order chi connectivity index (χ1) is 12.5. The number of amides is 1. The van der Waals surface area contributed by atoms with Crippen LogP contribution in [0.1, 0.15) is 15.9 Å². The van der Waals surface area contributed by atoms with Gasteiger partial charge < -0.3 is 9.88 Å². The highest BCUT2D eigenvalue weighted by molar-refractivity contribution is 6.04. The van der Waals surface area contributed by atoms with Gasteiger partial charge in [0.05, 0.1) is 11.5 Å². The molecule has 3 rings (SSSR count). The van der Waals surface area contributed by atoms with Crippen molar-refractivity contribution in [2.45, 2.75) is 6.54 Å². The maximum Gasteiger partial charge on any atom is 0.271 e. The minimum atomic E-state index is -0.613. The molecule has 130 valence electrons. The van der Waals surface area contributed by atoms with E-state index in [4.69, 9.17) is 0 Å². The molecule has 0 aliphatic rings. The SMILES string of the molecule is O=C(Nc1cccc([N+](=O)[O-])c1)c1cccn(Cc2ccccc2)c1=O. The first-order valence-electron chi connectivity index (χ1n) is 7.84. The van der Waals surface area contributed by atoms with Crippen molar-refractivity contribution in [2.75, 3.05) is 5.32 Å². The number of benzene rings is 2. The summed E-state index contributed by atoms with van der Waals surface area (Å²) in [5.74, 6) is -0.613. The quantitative estimate of drug-likeness (QED) is 0.566. The van der Waals surface area contributed by atoms with Gasteiger partial charge in [0, 0.05) is 24.0 Å². The van der Waals surface area contributed by atoms with Gasteiger partial charge in [-0.05, 0) is 23.8 Å². The highest BCUT2D eigenvalue weighted by atomic mass is 16.6. The van der Waals surface area contributed by atoms with Gasteiger partial charge in [-0.3, -0.25) is 19.7 Å². The number of carbonyl (C=O) groups is 1. The van der Waals surface area contributed by atoms with Crippen molar-refractivity contribution in [2.24, 2.45) is 0 Å². The molecule has 7 nitrogen and oxygen atoms in total. The molecule has 0 saturated carbocycles. The zero-order valence-corrected chi connectivity index (χ0v) is 13.7. The lowest BCUT2D eigenvalue weighted by Gasteiger charge is -2.09. The van der Waals surface area contributed by atoms with Gasteiger partial charge in [0.2, 0.25) is 0 Å². The van der Waals surface area contributed by atoms with Crippen molar-refractivity contribution < 1.29 is 9.72 Å². The van der Waals surface area contributed by atoms with Crippen molar-refractivity contribution >= 4 is 17.3 Å². The van der Waals surface area contributed by atoms with Gasteiger partial charge in [-0.2, -0.15) is 0 Å². The molecule has 0 aliphatic carbocycles. The molecule has 0 atom stereocenters. The third-order valence-corrected chi connectivity index (χ3v) is 3.78. The first kappa shape index (κ1) is 17.1. The molecule has 1 N–H and O–H groups in total. The maximum atomic E-state index is 12.6. The Labute approximate surface area is 148 Å². The van der Waals surface area contributed by atoms with Crippen LogP contribution in [-0.4, -0.2) is 15.4 Å². The maximum absolute atomic E-state index is 12.6. The molecule has 1 amide bonds. The second kappa shape index (κ2) is 7.43. The lowest BCUT2D eigenvalue weighted by Crippen LogP contribution is -2.29. The minimum absolute atomic E-state index is 0.0325. The van der Waals surface area contributed by atoms with E-state index in [-0.39, 0.29) is 16.9 Å². The summed E-state index contributed by atoms with van der Waals surface area (Å²) in [7, 11) is 0. The third-order valence-electron chi connectivity index (χ3n) is 3.78. The molecule has 0 spiro atoms. The van der Waals surface area contributed by atoms with Gasteiger partial charge in [-0.1, -0.05) is 36.4 Å². The van der Waals surface area contributed by atoms with Crippen LogP contribution < -0.4 is 10.9 Å². The summed E-state index contributed by atoms with van der Waals surface area (Å²) >= 11 is 0. The molecule has 1 heterocycles. The largest absolute Gasteiger partial charge is 0.322 e. The Balaban J connectivity index is 1.84. The van der Waals surface area contributed by atoms with Crippen LogP contribution in [0.5, 0.6) is 0 Å². The van der Waals surface area contributed by atoms with Gasteiger partial charge in [0.1, 0.15) is 5.56 Å². The molecular formula is C19H15N3O4. The van der Waals surface area contributed by atoms with Crippen LogP contribution in [0.4, 0.5) is 11.4 Å². The molecule has 26 heavy (non-hydrogen) atoms. The Morgan fingerprint density at radius 2 is 1.81 bits per heavy atom. The van der Waals surface area contributed by atoms with E-state index in [2.05, 4.69) is 5.32 Å². The van der Waals surface area contributed by atoms with Crippen molar-refractivity contribution in [3.63, 3.8) is 0 Å². The van der Waals surface area contributed by atoms with Crippen molar-refractivity contribution in [1.82, 2.24) is 4.57 Å². The number of aromatic nitrogens is 1. The van der Waals surface area contributed by atoms with Crippen LogP contribution in [0.15, 0.2) is 77.7 Å². The number of carbonyl (C=O) groups excluding carboxylic acids is 1. The molecule has 2 aromatic carbocycles. The second-order valence-corrected chi connectivity index (χ2v) is 5.60.